The number of alkyl halides is 3. The molecule has 1 aliphatic heterocycles. The maximum absolute atomic E-state index is 12.6. The first kappa shape index (κ1) is 11.0. The largest absolute Gasteiger partial charge is 0.454 e. The maximum Gasteiger partial charge on any atom is 0.416 e. The Balaban J connectivity index is 2.49. The molecule has 88 valence electrons. The van der Waals surface area contributed by atoms with E-state index in [9.17, 15) is 13.2 Å². The van der Waals surface area contributed by atoms with Gasteiger partial charge >= 0.3 is 6.18 Å². The van der Waals surface area contributed by atoms with Crippen molar-refractivity contribution in [1.82, 2.24) is 0 Å². The molecule has 1 aromatic carbocycles. The molecule has 0 amide bonds. The summed E-state index contributed by atoms with van der Waals surface area (Å²) in [6, 6.07) is 2.11. The second-order valence-corrected chi connectivity index (χ2v) is 3.17. The molecule has 1 heterocycles. The van der Waals surface area contributed by atoms with Crippen molar-refractivity contribution in [3.63, 3.8) is 0 Å². The quantitative estimate of drug-likeness (QED) is 0.794. The van der Waals surface area contributed by atoms with Gasteiger partial charge in [-0.1, -0.05) is 0 Å². The van der Waals surface area contributed by atoms with Crippen molar-refractivity contribution in [3.05, 3.63) is 23.3 Å². The summed E-state index contributed by atoms with van der Waals surface area (Å²) >= 11 is 0. The molecule has 16 heavy (non-hydrogen) atoms. The van der Waals surface area contributed by atoms with Crippen molar-refractivity contribution in [2.75, 3.05) is 6.79 Å². The fourth-order valence-electron chi connectivity index (χ4n) is 1.46. The molecule has 0 fully saturated rings. The van der Waals surface area contributed by atoms with Gasteiger partial charge in [-0.2, -0.15) is 13.2 Å². The highest BCUT2D eigenvalue weighted by Gasteiger charge is 2.35. The number of rotatable bonds is 2. The van der Waals surface area contributed by atoms with Gasteiger partial charge in [-0.15, -0.1) is 0 Å². The van der Waals surface area contributed by atoms with Crippen LogP contribution >= 0.6 is 0 Å². The predicted molar refractivity (Wildman–Crippen MR) is 46.5 cm³/mol. The number of hydrogen-bond acceptors (Lipinski definition) is 4. The van der Waals surface area contributed by atoms with Crippen molar-refractivity contribution in [2.24, 2.45) is 5.90 Å². The van der Waals surface area contributed by atoms with Gasteiger partial charge in [0, 0.05) is 0 Å². The molecule has 0 atom stereocenters. The number of ether oxygens (including phenoxy) is 2. The summed E-state index contributed by atoms with van der Waals surface area (Å²) < 4.78 is 47.8. The van der Waals surface area contributed by atoms with Crippen molar-refractivity contribution in [3.8, 4) is 11.5 Å². The number of halogens is 3. The maximum atomic E-state index is 12.6. The molecule has 0 saturated carbocycles. The van der Waals surface area contributed by atoms with Crippen molar-refractivity contribution >= 4 is 0 Å². The molecular formula is C9H8F3NO3. The number of fused-ring (bicyclic) bond motifs is 1. The van der Waals surface area contributed by atoms with Crippen molar-refractivity contribution < 1.29 is 27.5 Å². The van der Waals surface area contributed by atoms with Crippen LogP contribution in [0.5, 0.6) is 11.5 Å². The minimum Gasteiger partial charge on any atom is -0.454 e. The van der Waals surface area contributed by atoms with Gasteiger partial charge in [0.1, 0.15) is 0 Å². The van der Waals surface area contributed by atoms with E-state index in [1.54, 1.807) is 0 Å². The topological polar surface area (TPSA) is 53.7 Å². The molecule has 0 bridgehead atoms. The first-order valence-corrected chi connectivity index (χ1v) is 4.34. The monoisotopic (exact) mass is 235 g/mol. The van der Waals surface area contributed by atoms with E-state index in [1.807, 2.05) is 0 Å². The number of benzene rings is 1. The molecule has 0 aliphatic carbocycles. The molecule has 0 aromatic heterocycles. The van der Waals surface area contributed by atoms with Gasteiger partial charge in [-0.05, 0) is 17.7 Å². The molecule has 7 heteroatoms. The van der Waals surface area contributed by atoms with Crippen LogP contribution in [0.1, 0.15) is 11.1 Å². The standard InChI is InChI=1S/C9H8F3NO3/c10-9(11,12)6-2-8-7(14-4-15-8)1-5(6)3-16-13/h1-2H,3-4,13H2. The summed E-state index contributed by atoms with van der Waals surface area (Å²) in [4.78, 5) is 4.23. The fourth-order valence-corrected chi connectivity index (χ4v) is 1.46. The Morgan fingerprint density at radius 2 is 1.88 bits per heavy atom. The Labute approximate surface area is 88.7 Å². The minimum absolute atomic E-state index is 0.0769. The molecule has 0 saturated heterocycles. The second-order valence-electron chi connectivity index (χ2n) is 3.17. The van der Waals surface area contributed by atoms with E-state index in [0.717, 1.165) is 6.07 Å². The lowest BCUT2D eigenvalue weighted by Gasteiger charge is -2.12. The molecule has 1 aliphatic rings. The number of hydrogen-bond donors (Lipinski definition) is 1. The lowest BCUT2D eigenvalue weighted by atomic mass is 10.1. The Bertz CT molecular complexity index is 406. The summed E-state index contributed by atoms with van der Waals surface area (Å²) in [6.45, 7) is -0.426. The smallest absolute Gasteiger partial charge is 0.416 e. The first-order valence-electron chi connectivity index (χ1n) is 4.34. The summed E-state index contributed by atoms with van der Waals surface area (Å²) in [5.41, 5.74) is -0.915. The van der Waals surface area contributed by atoms with Crippen LogP contribution in [0.4, 0.5) is 13.2 Å². The molecule has 4 nitrogen and oxygen atoms in total. The summed E-state index contributed by atoms with van der Waals surface area (Å²) in [6.07, 6.45) is -4.48. The molecule has 0 radical (unpaired) electrons. The summed E-state index contributed by atoms with van der Waals surface area (Å²) in [5.74, 6) is 5.12. The zero-order chi connectivity index (χ0) is 11.8. The lowest BCUT2D eigenvalue weighted by molar-refractivity contribution is -0.139. The fraction of sp³-hybridized carbons (Fsp3) is 0.333. The third-order valence-electron chi connectivity index (χ3n) is 2.14. The SMILES string of the molecule is NOCc1cc2c(cc1C(F)(F)F)OCO2. The van der Waals surface area contributed by atoms with Crippen LogP contribution in [0.15, 0.2) is 12.1 Å². The zero-order valence-electron chi connectivity index (χ0n) is 8.00. The van der Waals surface area contributed by atoms with Gasteiger partial charge in [-0.3, -0.25) is 4.84 Å². The van der Waals surface area contributed by atoms with E-state index in [2.05, 4.69) is 4.84 Å². The van der Waals surface area contributed by atoms with E-state index in [4.69, 9.17) is 15.4 Å². The highest BCUT2D eigenvalue weighted by molar-refractivity contribution is 5.49. The molecule has 2 rings (SSSR count). The summed E-state index contributed by atoms with van der Waals surface area (Å²) in [7, 11) is 0. The van der Waals surface area contributed by atoms with Gasteiger partial charge in [0.2, 0.25) is 6.79 Å². The first-order chi connectivity index (χ1) is 7.52. The Hall–Kier alpha value is -1.47. The highest BCUT2D eigenvalue weighted by Crippen LogP contribution is 2.41. The average Bonchev–Trinajstić information content (AvgIpc) is 2.62. The number of nitrogens with two attached hydrogens (primary N) is 1. The molecule has 0 unspecified atom stereocenters. The van der Waals surface area contributed by atoms with Gasteiger partial charge in [-0.25, -0.2) is 5.90 Å². The van der Waals surface area contributed by atoms with Crippen LogP contribution in [0.2, 0.25) is 0 Å². The normalized spacial score (nSPS) is 14.2. The third-order valence-corrected chi connectivity index (χ3v) is 2.14. The Kier molecular flexibility index (Phi) is 2.64. The van der Waals surface area contributed by atoms with Crippen molar-refractivity contribution in [1.29, 1.82) is 0 Å². The van der Waals surface area contributed by atoms with Crippen LogP contribution in [0.3, 0.4) is 0 Å². The van der Waals surface area contributed by atoms with Crippen LogP contribution in [-0.2, 0) is 17.6 Å². The third kappa shape index (κ3) is 1.91. The zero-order valence-corrected chi connectivity index (χ0v) is 8.00. The molecule has 0 spiro atoms. The second kappa shape index (κ2) is 3.84. The van der Waals surface area contributed by atoms with E-state index < -0.39 is 11.7 Å². The highest BCUT2D eigenvalue weighted by atomic mass is 19.4. The van der Waals surface area contributed by atoms with Crippen LogP contribution < -0.4 is 15.4 Å². The van der Waals surface area contributed by atoms with Crippen molar-refractivity contribution in [2.45, 2.75) is 12.8 Å². The van der Waals surface area contributed by atoms with Crippen LogP contribution in [0, 0.1) is 0 Å². The van der Waals surface area contributed by atoms with Gasteiger partial charge < -0.3 is 9.47 Å². The van der Waals surface area contributed by atoms with Gasteiger partial charge in [0.25, 0.3) is 0 Å². The Morgan fingerprint density at radius 1 is 1.25 bits per heavy atom. The van der Waals surface area contributed by atoms with Gasteiger partial charge in [0.15, 0.2) is 11.5 Å². The molecule has 2 N–H and O–H groups in total. The van der Waals surface area contributed by atoms with Gasteiger partial charge in [0.05, 0.1) is 12.2 Å². The minimum atomic E-state index is -4.48. The van der Waals surface area contributed by atoms with Crippen LogP contribution in [0.25, 0.3) is 0 Å². The molecule has 1 aromatic rings. The average molecular weight is 235 g/mol. The lowest BCUT2D eigenvalue weighted by Crippen LogP contribution is -2.11. The van der Waals surface area contributed by atoms with E-state index in [-0.39, 0.29) is 30.5 Å². The molecular weight excluding hydrogens is 227 g/mol. The van der Waals surface area contributed by atoms with Crippen LogP contribution in [-0.4, -0.2) is 6.79 Å². The summed E-state index contributed by atoms with van der Waals surface area (Å²) in [5, 5.41) is 0. The van der Waals surface area contributed by atoms with E-state index in [1.165, 1.54) is 6.07 Å². The van der Waals surface area contributed by atoms with E-state index >= 15 is 0 Å². The van der Waals surface area contributed by atoms with E-state index in [0.29, 0.717) is 0 Å². The Morgan fingerprint density at radius 3 is 2.44 bits per heavy atom. The predicted octanol–water partition coefficient (Wildman–Crippen LogP) is 1.82.